The Morgan fingerprint density at radius 2 is 1.36 bits per heavy atom. The molecule has 122 valence electrons. The summed E-state index contributed by atoms with van der Waals surface area (Å²) < 4.78 is 0. The number of hydrogen-bond donors (Lipinski definition) is 2. The minimum absolute atomic E-state index is 0.166. The molecule has 0 bridgehead atoms. The van der Waals surface area contributed by atoms with Crippen molar-refractivity contribution in [3.05, 3.63) is 72.2 Å². The second-order valence-corrected chi connectivity index (χ2v) is 5.36. The van der Waals surface area contributed by atoms with E-state index in [0.29, 0.717) is 33.8 Å². The molecule has 7 nitrogen and oxygen atoms in total. The highest BCUT2D eigenvalue weighted by molar-refractivity contribution is 5.85. The first-order valence-corrected chi connectivity index (χ1v) is 7.60. The molecule has 0 saturated carbocycles. The number of rotatable bonds is 3. The Morgan fingerprint density at radius 3 is 1.88 bits per heavy atom. The maximum Gasteiger partial charge on any atom is 0.166 e. The van der Waals surface area contributed by atoms with E-state index in [2.05, 4.69) is 19.9 Å². The van der Waals surface area contributed by atoms with E-state index in [1.54, 1.807) is 18.5 Å². The molecule has 1 atom stereocenters. The fourth-order valence-electron chi connectivity index (χ4n) is 2.55. The summed E-state index contributed by atoms with van der Waals surface area (Å²) in [4.78, 5) is 18.0. The molecule has 25 heavy (non-hydrogen) atoms. The van der Waals surface area contributed by atoms with Crippen LogP contribution in [0, 0.1) is 5.21 Å². The minimum atomic E-state index is -1.00. The van der Waals surface area contributed by atoms with Gasteiger partial charge in [-0.25, -0.2) is 15.2 Å². The van der Waals surface area contributed by atoms with Crippen LogP contribution in [-0.2, 0) is 0 Å². The molecule has 1 aromatic carbocycles. The summed E-state index contributed by atoms with van der Waals surface area (Å²) in [6.45, 7) is 0. The molecular formula is C18H13N5O2. The largest absolute Gasteiger partial charge is 0.595 e. The third kappa shape index (κ3) is 2.94. The molecule has 3 heterocycles. The van der Waals surface area contributed by atoms with E-state index in [-0.39, 0.29) is 5.69 Å². The first kappa shape index (κ1) is 15.3. The standard InChI is InChI=1S/C18H13N5O2/c24-23(25)12-7-8-13-16(11-12)22-18(15-6-2-4-10-20-15)17(21-13)14-5-1-3-9-19-14/h1-11,23-24H. The highest BCUT2D eigenvalue weighted by atomic mass is 16.8. The van der Waals surface area contributed by atoms with E-state index in [0.717, 1.165) is 0 Å². The van der Waals surface area contributed by atoms with Gasteiger partial charge in [0, 0.05) is 24.5 Å². The Bertz CT molecular complexity index is 1020. The summed E-state index contributed by atoms with van der Waals surface area (Å²) in [5.74, 6) is 0. The number of hydrogen-bond acceptors (Lipinski definition) is 6. The average molecular weight is 331 g/mol. The van der Waals surface area contributed by atoms with Gasteiger partial charge in [0.2, 0.25) is 0 Å². The average Bonchev–Trinajstić information content (AvgIpc) is 2.68. The smallest absolute Gasteiger partial charge is 0.166 e. The lowest BCUT2D eigenvalue weighted by Crippen LogP contribution is -2.99. The number of fused-ring (bicyclic) bond motifs is 1. The summed E-state index contributed by atoms with van der Waals surface area (Å²) in [6.07, 6.45) is 3.37. The van der Waals surface area contributed by atoms with Crippen LogP contribution in [0.25, 0.3) is 33.8 Å². The first-order valence-electron chi connectivity index (χ1n) is 7.60. The van der Waals surface area contributed by atoms with Crippen molar-refractivity contribution in [2.24, 2.45) is 0 Å². The SMILES string of the molecule is [O-][NH+](O)c1ccc2nc(-c3ccccn3)c(-c3ccccn3)nc2c1. The Hall–Kier alpha value is -3.26. The molecule has 0 aliphatic heterocycles. The molecule has 0 radical (unpaired) electrons. The number of nitrogens with zero attached hydrogens (tertiary/aromatic N) is 4. The molecule has 2 N–H and O–H groups in total. The highest BCUT2D eigenvalue weighted by Gasteiger charge is 2.15. The van der Waals surface area contributed by atoms with Crippen LogP contribution in [0.3, 0.4) is 0 Å². The fourth-order valence-corrected chi connectivity index (χ4v) is 2.55. The molecule has 4 aromatic rings. The van der Waals surface area contributed by atoms with Crippen molar-refractivity contribution in [3.8, 4) is 22.8 Å². The summed E-state index contributed by atoms with van der Waals surface area (Å²) >= 11 is 0. The molecule has 0 aliphatic rings. The van der Waals surface area contributed by atoms with Crippen molar-refractivity contribution in [3.63, 3.8) is 0 Å². The predicted molar refractivity (Wildman–Crippen MR) is 91.8 cm³/mol. The zero-order valence-electron chi connectivity index (χ0n) is 13.0. The molecule has 4 rings (SSSR count). The van der Waals surface area contributed by atoms with Crippen LogP contribution in [0.4, 0.5) is 5.69 Å². The van der Waals surface area contributed by atoms with Gasteiger partial charge in [0.1, 0.15) is 11.4 Å². The normalized spacial score (nSPS) is 12.2. The van der Waals surface area contributed by atoms with Crippen molar-refractivity contribution >= 4 is 16.7 Å². The number of pyridine rings is 2. The van der Waals surface area contributed by atoms with Gasteiger partial charge in [-0.05, 0) is 30.3 Å². The molecule has 0 fully saturated rings. The second-order valence-electron chi connectivity index (χ2n) is 5.36. The first-order chi connectivity index (χ1) is 12.2. The Labute approximate surface area is 142 Å². The topological polar surface area (TPSA) is 99.3 Å². The van der Waals surface area contributed by atoms with E-state index in [4.69, 9.17) is 0 Å². The van der Waals surface area contributed by atoms with E-state index in [1.165, 1.54) is 12.1 Å². The van der Waals surface area contributed by atoms with Crippen LogP contribution in [0.15, 0.2) is 67.0 Å². The number of benzene rings is 1. The van der Waals surface area contributed by atoms with Gasteiger partial charge in [0.25, 0.3) is 0 Å². The molecule has 0 saturated heterocycles. The van der Waals surface area contributed by atoms with Crippen LogP contribution >= 0.6 is 0 Å². The van der Waals surface area contributed by atoms with Gasteiger partial charge in [-0.1, -0.05) is 12.1 Å². The number of aromatic nitrogens is 4. The van der Waals surface area contributed by atoms with Crippen LogP contribution in [0.1, 0.15) is 0 Å². The molecule has 1 unspecified atom stereocenters. The van der Waals surface area contributed by atoms with Crippen molar-refractivity contribution in [1.82, 2.24) is 19.9 Å². The van der Waals surface area contributed by atoms with Crippen LogP contribution < -0.4 is 5.23 Å². The van der Waals surface area contributed by atoms with Gasteiger partial charge in [-0.15, -0.1) is 0 Å². The van der Waals surface area contributed by atoms with Crippen LogP contribution in [0.2, 0.25) is 0 Å². The maximum absolute atomic E-state index is 11.2. The van der Waals surface area contributed by atoms with E-state index < -0.39 is 5.23 Å². The second kappa shape index (κ2) is 6.33. The number of nitrogens with one attached hydrogen (secondary N) is 1. The predicted octanol–water partition coefficient (Wildman–Crippen LogP) is 2.16. The quantitative estimate of drug-likeness (QED) is 0.558. The van der Waals surface area contributed by atoms with Gasteiger partial charge in [0.15, 0.2) is 5.69 Å². The lowest BCUT2D eigenvalue weighted by atomic mass is 10.1. The van der Waals surface area contributed by atoms with Crippen molar-refractivity contribution in [2.45, 2.75) is 0 Å². The fraction of sp³-hybridized carbons (Fsp3) is 0. The zero-order valence-corrected chi connectivity index (χ0v) is 13.0. The van der Waals surface area contributed by atoms with Gasteiger partial charge >= 0.3 is 0 Å². The lowest BCUT2D eigenvalue weighted by molar-refractivity contribution is -0.991. The van der Waals surface area contributed by atoms with E-state index in [1.807, 2.05) is 36.4 Å². The Morgan fingerprint density at radius 1 is 0.760 bits per heavy atom. The highest BCUT2D eigenvalue weighted by Crippen LogP contribution is 2.29. The molecule has 0 spiro atoms. The summed E-state index contributed by atoms with van der Waals surface area (Å²) in [6, 6.07) is 15.8. The zero-order chi connectivity index (χ0) is 17.2. The lowest BCUT2D eigenvalue weighted by Gasteiger charge is -2.13. The van der Waals surface area contributed by atoms with Crippen LogP contribution in [-0.4, -0.2) is 25.1 Å². The molecule has 0 aliphatic carbocycles. The van der Waals surface area contributed by atoms with Gasteiger partial charge in [0.05, 0.1) is 22.4 Å². The van der Waals surface area contributed by atoms with Crippen molar-refractivity contribution in [1.29, 1.82) is 0 Å². The third-order valence-electron chi connectivity index (χ3n) is 3.73. The minimum Gasteiger partial charge on any atom is -0.595 e. The number of quaternary nitrogens is 1. The Balaban J connectivity index is 2.00. The van der Waals surface area contributed by atoms with Crippen molar-refractivity contribution in [2.75, 3.05) is 0 Å². The third-order valence-corrected chi connectivity index (χ3v) is 3.73. The molecule has 3 aromatic heterocycles. The summed E-state index contributed by atoms with van der Waals surface area (Å²) in [5, 5.41) is 19.4. The molecular weight excluding hydrogens is 318 g/mol. The maximum atomic E-state index is 11.2. The van der Waals surface area contributed by atoms with Crippen LogP contribution in [0.5, 0.6) is 0 Å². The van der Waals surface area contributed by atoms with E-state index >= 15 is 0 Å². The van der Waals surface area contributed by atoms with Crippen molar-refractivity contribution < 1.29 is 10.4 Å². The molecule has 7 heteroatoms. The van der Waals surface area contributed by atoms with Gasteiger partial charge < -0.3 is 5.21 Å². The Kier molecular flexibility index (Phi) is 3.87. The summed E-state index contributed by atoms with van der Waals surface area (Å²) in [7, 11) is 0. The van der Waals surface area contributed by atoms with E-state index in [9.17, 15) is 10.4 Å². The van der Waals surface area contributed by atoms with Gasteiger partial charge in [-0.2, -0.15) is 5.23 Å². The van der Waals surface area contributed by atoms with Gasteiger partial charge in [-0.3, -0.25) is 9.97 Å². The molecule has 0 amide bonds. The summed E-state index contributed by atoms with van der Waals surface area (Å²) in [5.41, 5.74) is 3.77. The monoisotopic (exact) mass is 331 g/mol.